The number of rotatable bonds is 2. The number of carbonyl (C=O) groups excluding carboxylic acids is 1. The predicted molar refractivity (Wildman–Crippen MR) is 73.6 cm³/mol. The van der Waals surface area contributed by atoms with Crippen molar-refractivity contribution < 1.29 is 9.53 Å². The highest BCUT2D eigenvalue weighted by Gasteiger charge is 2.27. The molecule has 5 heteroatoms. The van der Waals surface area contributed by atoms with Crippen LogP contribution in [0.5, 0.6) is 0 Å². The fourth-order valence-electron chi connectivity index (χ4n) is 2.24. The van der Waals surface area contributed by atoms with Crippen molar-refractivity contribution in [3.8, 4) is 0 Å². The van der Waals surface area contributed by atoms with Gasteiger partial charge in [0, 0.05) is 19.3 Å². The summed E-state index contributed by atoms with van der Waals surface area (Å²) in [4.78, 5) is 18.1. The SMILES string of the molecule is COC(=O)C1CCN(c2nccc(C)c2Br)CC1. The first kappa shape index (κ1) is 13.3. The Morgan fingerprint density at radius 2 is 2.17 bits per heavy atom. The van der Waals surface area contributed by atoms with E-state index >= 15 is 0 Å². The van der Waals surface area contributed by atoms with Gasteiger partial charge >= 0.3 is 5.97 Å². The van der Waals surface area contributed by atoms with Crippen LogP contribution in [-0.2, 0) is 9.53 Å². The van der Waals surface area contributed by atoms with E-state index in [1.54, 1.807) is 0 Å². The number of aromatic nitrogens is 1. The fourth-order valence-corrected chi connectivity index (χ4v) is 2.73. The molecular formula is C13H17BrN2O2. The van der Waals surface area contributed by atoms with Crippen LogP contribution in [0, 0.1) is 12.8 Å². The number of aryl methyl sites for hydroxylation is 1. The number of piperidine rings is 1. The van der Waals surface area contributed by atoms with E-state index in [0.29, 0.717) is 0 Å². The summed E-state index contributed by atoms with van der Waals surface area (Å²) in [5.74, 6) is 0.916. The number of pyridine rings is 1. The molecule has 1 fully saturated rings. The van der Waals surface area contributed by atoms with Gasteiger partial charge in [0.1, 0.15) is 5.82 Å². The molecule has 1 aliphatic rings. The normalized spacial score (nSPS) is 16.7. The predicted octanol–water partition coefficient (Wildman–Crippen LogP) is 2.54. The lowest BCUT2D eigenvalue weighted by atomic mass is 9.97. The molecule has 18 heavy (non-hydrogen) atoms. The average Bonchev–Trinajstić information content (AvgIpc) is 2.41. The standard InChI is InChI=1S/C13H17BrN2O2/c1-9-3-6-15-12(11(9)14)16-7-4-10(5-8-16)13(17)18-2/h3,6,10H,4-5,7-8H2,1-2H3. The lowest BCUT2D eigenvalue weighted by Crippen LogP contribution is -2.37. The second-order valence-corrected chi connectivity index (χ2v) is 5.34. The Morgan fingerprint density at radius 1 is 1.50 bits per heavy atom. The first-order valence-electron chi connectivity index (χ1n) is 6.07. The number of hydrogen-bond acceptors (Lipinski definition) is 4. The number of nitrogens with zero attached hydrogens (tertiary/aromatic N) is 2. The Hall–Kier alpha value is -1.10. The molecule has 98 valence electrons. The molecular weight excluding hydrogens is 296 g/mol. The highest BCUT2D eigenvalue weighted by Crippen LogP contribution is 2.30. The number of halogens is 1. The van der Waals surface area contributed by atoms with Crippen molar-refractivity contribution in [2.45, 2.75) is 19.8 Å². The molecule has 0 atom stereocenters. The third-order valence-corrected chi connectivity index (χ3v) is 4.37. The maximum atomic E-state index is 11.5. The molecule has 0 aliphatic carbocycles. The Bertz CT molecular complexity index is 443. The van der Waals surface area contributed by atoms with E-state index < -0.39 is 0 Å². The summed E-state index contributed by atoms with van der Waals surface area (Å²) in [7, 11) is 1.45. The summed E-state index contributed by atoms with van der Waals surface area (Å²) in [5.41, 5.74) is 1.18. The fraction of sp³-hybridized carbons (Fsp3) is 0.538. The van der Waals surface area contributed by atoms with Gasteiger partial charge in [0.05, 0.1) is 17.5 Å². The maximum Gasteiger partial charge on any atom is 0.308 e. The summed E-state index contributed by atoms with van der Waals surface area (Å²) >= 11 is 3.58. The molecule has 0 radical (unpaired) electrons. The Morgan fingerprint density at radius 3 is 2.78 bits per heavy atom. The minimum atomic E-state index is -0.0917. The van der Waals surface area contributed by atoms with Crippen molar-refractivity contribution >= 4 is 27.7 Å². The smallest absolute Gasteiger partial charge is 0.308 e. The Kier molecular flexibility index (Phi) is 4.22. The van der Waals surface area contributed by atoms with Crippen LogP contribution in [0.4, 0.5) is 5.82 Å². The largest absolute Gasteiger partial charge is 0.469 e. The van der Waals surface area contributed by atoms with Gasteiger partial charge in [-0.3, -0.25) is 4.79 Å². The molecule has 0 spiro atoms. The van der Waals surface area contributed by atoms with Crippen LogP contribution < -0.4 is 4.90 Å². The minimum absolute atomic E-state index is 0.0369. The molecule has 0 saturated carbocycles. The van der Waals surface area contributed by atoms with Gasteiger partial charge < -0.3 is 9.64 Å². The molecule has 0 aromatic carbocycles. The van der Waals surface area contributed by atoms with Crippen molar-refractivity contribution in [1.82, 2.24) is 4.98 Å². The van der Waals surface area contributed by atoms with Gasteiger partial charge in [0.15, 0.2) is 0 Å². The van der Waals surface area contributed by atoms with Crippen LogP contribution in [0.2, 0.25) is 0 Å². The van der Waals surface area contributed by atoms with Crippen LogP contribution >= 0.6 is 15.9 Å². The molecule has 0 bridgehead atoms. The lowest BCUT2D eigenvalue weighted by Gasteiger charge is -2.32. The number of anilines is 1. The van der Waals surface area contributed by atoms with Crippen LogP contribution in [0.3, 0.4) is 0 Å². The van der Waals surface area contributed by atoms with Gasteiger partial charge in [0.2, 0.25) is 0 Å². The number of ether oxygens (including phenoxy) is 1. The topological polar surface area (TPSA) is 42.4 Å². The van der Waals surface area contributed by atoms with E-state index in [4.69, 9.17) is 4.74 Å². The molecule has 0 N–H and O–H groups in total. The molecule has 1 aromatic rings. The quantitative estimate of drug-likeness (QED) is 0.787. The summed E-state index contributed by atoms with van der Waals surface area (Å²) in [6.45, 7) is 3.74. The summed E-state index contributed by atoms with van der Waals surface area (Å²) in [6.07, 6.45) is 3.48. The second-order valence-electron chi connectivity index (χ2n) is 4.55. The third kappa shape index (κ3) is 2.66. The van der Waals surface area contributed by atoms with E-state index in [2.05, 4.69) is 32.7 Å². The zero-order valence-electron chi connectivity index (χ0n) is 10.6. The van der Waals surface area contributed by atoms with Gasteiger partial charge in [0.25, 0.3) is 0 Å². The molecule has 2 heterocycles. The number of hydrogen-bond donors (Lipinski definition) is 0. The highest BCUT2D eigenvalue weighted by molar-refractivity contribution is 9.10. The van der Waals surface area contributed by atoms with Crippen LogP contribution in [-0.4, -0.2) is 31.2 Å². The first-order chi connectivity index (χ1) is 8.63. The van der Waals surface area contributed by atoms with Crippen molar-refractivity contribution in [3.05, 3.63) is 22.3 Å². The molecule has 1 aromatic heterocycles. The van der Waals surface area contributed by atoms with Gasteiger partial charge in [-0.15, -0.1) is 0 Å². The van der Waals surface area contributed by atoms with Crippen LogP contribution in [0.25, 0.3) is 0 Å². The molecule has 0 amide bonds. The first-order valence-corrected chi connectivity index (χ1v) is 6.86. The lowest BCUT2D eigenvalue weighted by molar-refractivity contribution is -0.146. The zero-order chi connectivity index (χ0) is 13.1. The summed E-state index contributed by atoms with van der Waals surface area (Å²) in [5, 5.41) is 0. The monoisotopic (exact) mass is 312 g/mol. The number of esters is 1. The van der Waals surface area contributed by atoms with E-state index in [9.17, 15) is 4.79 Å². The van der Waals surface area contributed by atoms with E-state index in [1.165, 1.54) is 12.7 Å². The van der Waals surface area contributed by atoms with E-state index in [-0.39, 0.29) is 11.9 Å². The summed E-state index contributed by atoms with van der Waals surface area (Å²) in [6, 6.07) is 1.98. The van der Waals surface area contributed by atoms with E-state index in [1.807, 2.05) is 12.3 Å². The highest BCUT2D eigenvalue weighted by atomic mass is 79.9. The minimum Gasteiger partial charge on any atom is -0.469 e. The average molecular weight is 313 g/mol. The zero-order valence-corrected chi connectivity index (χ0v) is 12.2. The molecule has 1 aliphatic heterocycles. The van der Waals surface area contributed by atoms with Crippen LogP contribution in [0.15, 0.2) is 16.7 Å². The second kappa shape index (κ2) is 5.69. The molecule has 4 nitrogen and oxygen atoms in total. The van der Waals surface area contributed by atoms with Gasteiger partial charge in [-0.1, -0.05) is 0 Å². The van der Waals surface area contributed by atoms with Crippen molar-refractivity contribution in [3.63, 3.8) is 0 Å². The molecule has 2 rings (SSSR count). The van der Waals surface area contributed by atoms with Crippen molar-refractivity contribution in [2.75, 3.05) is 25.1 Å². The Balaban J connectivity index is 2.06. The molecule has 0 unspecified atom stereocenters. The Labute approximate surface area is 115 Å². The third-order valence-electron chi connectivity index (χ3n) is 3.39. The summed E-state index contributed by atoms with van der Waals surface area (Å²) < 4.78 is 5.83. The van der Waals surface area contributed by atoms with E-state index in [0.717, 1.165) is 36.2 Å². The van der Waals surface area contributed by atoms with Crippen molar-refractivity contribution in [2.24, 2.45) is 5.92 Å². The van der Waals surface area contributed by atoms with Gasteiger partial charge in [-0.05, 0) is 47.3 Å². The number of methoxy groups -OCH3 is 1. The van der Waals surface area contributed by atoms with Crippen LogP contribution in [0.1, 0.15) is 18.4 Å². The maximum absolute atomic E-state index is 11.5. The van der Waals surface area contributed by atoms with Gasteiger partial charge in [-0.2, -0.15) is 0 Å². The van der Waals surface area contributed by atoms with Gasteiger partial charge in [-0.25, -0.2) is 4.98 Å². The van der Waals surface area contributed by atoms with Crippen molar-refractivity contribution in [1.29, 1.82) is 0 Å². The molecule has 1 saturated heterocycles. The number of carbonyl (C=O) groups is 1.